The number of ether oxygens (including phenoxy) is 2. The fourth-order valence-corrected chi connectivity index (χ4v) is 3.84. The molecule has 1 aromatic carbocycles. The Hall–Kier alpha value is -3.00. The van der Waals surface area contributed by atoms with E-state index in [-0.39, 0.29) is 0 Å². The summed E-state index contributed by atoms with van der Waals surface area (Å²) in [5.74, 6) is 2.33. The van der Waals surface area contributed by atoms with Crippen LogP contribution in [0.1, 0.15) is 17.7 Å². The fraction of sp³-hybridized carbons (Fsp3) is 0.364. The van der Waals surface area contributed by atoms with Crippen LogP contribution in [-0.4, -0.2) is 42.0 Å². The average molecular weight is 426 g/mol. The van der Waals surface area contributed by atoms with Gasteiger partial charge in [-0.3, -0.25) is 9.67 Å². The number of anilines is 1. The molecule has 0 aliphatic carbocycles. The van der Waals surface area contributed by atoms with E-state index in [4.69, 9.17) is 14.5 Å². The number of benzene rings is 1. The van der Waals surface area contributed by atoms with E-state index in [1.165, 1.54) is 4.88 Å². The zero-order valence-corrected chi connectivity index (χ0v) is 17.7. The fourth-order valence-electron chi connectivity index (χ4n) is 3.13. The van der Waals surface area contributed by atoms with Crippen molar-refractivity contribution < 1.29 is 9.47 Å². The molecular formula is C22H27N5O2S. The molecule has 30 heavy (non-hydrogen) atoms. The first-order valence-corrected chi connectivity index (χ1v) is 11.2. The molecule has 0 saturated carbocycles. The lowest BCUT2D eigenvalue weighted by molar-refractivity contribution is 0.297. The molecule has 0 unspecified atom stereocenters. The first-order chi connectivity index (χ1) is 14.9. The first kappa shape index (κ1) is 20.3. The number of guanidine groups is 1. The van der Waals surface area contributed by atoms with Crippen molar-refractivity contribution in [2.24, 2.45) is 4.99 Å². The van der Waals surface area contributed by atoms with Gasteiger partial charge in [0.25, 0.3) is 0 Å². The van der Waals surface area contributed by atoms with Crippen molar-refractivity contribution >= 4 is 23.0 Å². The van der Waals surface area contributed by atoms with Crippen molar-refractivity contribution in [2.75, 3.05) is 31.6 Å². The van der Waals surface area contributed by atoms with Crippen LogP contribution >= 0.6 is 11.3 Å². The van der Waals surface area contributed by atoms with Crippen LogP contribution in [0.5, 0.6) is 11.5 Å². The average Bonchev–Trinajstić information content (AvgIpc) is 3.42. The summed E-state index contributed by atoms with van der Waals surface area (Å²) < 4.78 is 13.5. The lowest BCUT2D eigenvalue weighted by Crippen LogP contribution is -2.32. The summed E-state index contributed by atoms with van der Waals surface area (Å²) >= 11 is 1.78. The smallest absolute Gasteiger partial charge is 0.195 e. The third kappa shape index (κ3) is 6.00. The highest BCUT2D eigenvalue weighted by molar-refractivity contribution is 7.09. The van der Waals surface area contributed by atoms with E-state index in [1.807, 2.05) is 35.1 Å². The Balaban J connectivity index is 1.37. The van der Waals surface area contributed by atoms with Crippen LogP contribution < -0.4 is 20.1 Å². The van der Waals surface area contributed by atoms with Crippen LogP contribution in [0, 0.1) is 0 Å². The Labute approximate surface area is 180 Å². The number of hydrogen-bond acceptors (Lipinski definition) is 5. The second-order valence-corrected chi connectivity index (χ2v) is 7.98. The molecule has 158 valence electrons. The summed E-state index contributed by atoms with van der Waals surface area (Å²) in [6.45, 7) is 3.73. The van der Waals surface area contributed by atoms with Gasteiger partial charge in [-0.05, 0) is 42.5 Å². The predicted molar refractivity (Wildman–Crippen MR) is 121 cm³/mol. The first-order valence-electron chi connectivity index (χ1n) is 10.3. The van der Waals surface area contributed by atoms with Crippen LogP contribution in [0.4, 0.5) is 5.69 Å². The summed E-state index contributed by atoms with van der Waals surface area (Å²) in [5.41, 5.74) is 0.925. The molecule has 0 amide bonds. The Morgan fingerprint density at radius 2 is 2.10 bits per heavy atom. The van der Waals surface area contributed by atoms with E-state index in [9.17, 15) is 0 Å². The molecule has 3 heterocycles. The van der Waals surface area contributed by atoms with Gasteiger partial charge in [-0.25, -0.2) is 0 Å². The minimum absolute atomic E-state index is 0.671. The van der Waals surface area contributed by atoms with Gasteiger partial charge >= 0.3 is 0 Å². The van der Waals surface area contributed by atoms with Gasteiger partial charge in [0.2, 0.25) is 0 Å². The third-order valence-corrected chi connectivity index (χ3v) is 5.56. The van der Waals surface area contributed by atoms with Gasteiger partial charge in [0.05, 0.1) is 13.2 Å². The number of rotatable bonds is 8. The maximum Gasteiger partial charge on any atom is 0.195 e. The maximum absolute atomic E-state index is 5.81. The van der Waals surface area contributed by atoms with Gasteiger partial charge in [-0.1, -0.05) is 6.07 Å². The molecule has 0 fully saturated rings. The normalized spacial score (nSPS) is 13.7. The summed E-state index contributed by atoms with van der Waals surface area (Å²) in [6, 6.07) is 12.1. The lowest BCUT2D eigenvalue weighted by atomic mass is 10.2. The molecule has 2 N–H and O–H groups in total. The minimum atomic E-state index is 0.671. The van der Waals surface area contributed by atoms with E-state index in [0.717, 1.165) is 55.5 Å². The molecule has 0 spiro atoms. The Kier molecular flexibility index (Phi) is 7.22. The third-order valence-electron chi connectivity index (χ3n) is 4.63. The van der Waals surface area contributed by atoms with Crippen molar-refractivity contribution in [3.8, 4) is 11.5 Å². The topological polar surface area (TPSA) is 72.7 Å². The quantitative estimate of drug-likeness (QED) is 0.326. The molecule has 8 heteroatoms. The van der Waals surface area contributed by atoms with Gasteiger partial charge in [0.1, 0.15) is 0 Å². The minimum Gasteiger partial charge on any atom is -0.490 e. The van der Waals surface area contributed by atoms with Crippen molar-refractivity contribution in [2.45, 2.75) is 25.8 Å². The molecule has 1 aliphatic rings. The van der Waals surface area contributed by atoms with Gasteiger partial charge < -0.3 is 20.1 Å². The number of aryl methyl sites for hydroxylation is 1. The summed E-state index contributed by atoms with van der Waals surface area (Å²) in [6.07, 6.45) is 6.55. The van der Waals surface area contributed by atoms with E-state index in [2.05, 4.69) is 33.2 Å². The van der Waals surface area contributed by atoms with Crippen LogP contribution in [0.2, 0.25) is 0 Å². The molecule has 3 aromatic rings. The van der Waals surface area contributed by atoms with E-state index < -0.39 is 0 Å². The number of fused-ring (bicyclic) bond motifs is 1. The van der Waals surface area contributed by atoms with Crippen LogP contribution in [0.25, 0.3) is 0 Å². The highest BCUT2D eigenvalue weighted by Crippen LogP contribution is 2.32. The lowest BCUT2D eigenvalue weighted by Gasteiger charge is -2.14. The molecule has 0 saturated heterocycles. The number of nitrogens with zero attached hydrogens (tertiary/aromatic N) is 3. The standard InChI is InChI=1S/C22H27N5O2S/c1-5-19(30-16-1)8-11-24-22(23-9-2-12-27-13-3-10-25-27)26-18-6-7-20-21(17-18)29-15-4-14-28-20/h1,3,5-7,10,13,16-17H,2,4,8-9,11-12,14-15H2,(H2,23,24,26). The summed E-state index contributed by atoms with van der Waals surface area (Å²) in [7, 11) is 0. The molecule has 4 rings (SSSR count). The van der Waals surface area contributed by atoms with Crippen molar-refractivity contribution in [1.29, 1.82) is 0 Å². The predicted octanol–water partition coefficient (Wildman–Crippen LogP) is 3.80. The Bertz CT molecular complexity index is 925. The highest BCUT2D eigenvalue weighted by atomic mass is 32.1. The van der Waals surface area contributed by atoms with Gasteiger partial charge in [0.15, 0.2) is 17.5 Å². The van der Waals surface area contributed by atoms with Crippen molar-refractivity contribution in [3.05, 3.63) is 59.0 Å². The van der Waals surface area contributed by atoms with E-state index >= 15 is 0 Å². The molecule has 0 atom stereocenters. The van der Waals surface area contributed by atoms with E-state index in [1.54, 1.807) is 17.5 Å². The maximum atomic E-state index is 5.81. The second-order valence-electron chi connectivity index (χ2n) is 6.95. The molecule has 7 nitrogen and oxygen atoms in total. The zero-order chi connectivity index (χ0) is 20.4. The molecule has 0 bridgehead atoms. The summed E-state index contributed by atoms with van der Waals surface area (Å²) in [4.78, 5) is 6.11. The van der Waals surface area contributed by atoms with Crippen molar-refractivity contribution in [3.63, 3.8) is 0 Å². The number of nitrogens with one attached hydrogen (secondary N) is 2. The number of thiophene rings is 1. The second kappa shape index (κ2) is 10.7. The summed E-state index contributed by atoms with van der Waals surface area (Å²) in [5, 5.41) is 13.2. The van der Waals surface area contributed by atoms with E-state index in [0.29, 0.717) is 19.8 Å². The molecule has 0 radical (unpaired) electrons. The number of hydrogen-bond donors (Lipinski definition) is 2. The zero-order valence-electron chi connectivity index (χ0n) is 16.9. The SMILES string of the molecule is c1csc(CCNC(=NCCCn2cccn2)Nc2ccc3c(c2)OCCCO3)c1. The Morgan fingerprint density at radius 1 is 1.17 bits per heavy atom. The van der Waals surface area contributed by atoms with Crippen LogP contribution in [0.15, 0.2) is 59.2 Å². The van der Waals surface area contributed by atoms with Crippen LogP contribution in [0.3, 0.4) is 0 Å². The number of aromatic nitrogens is 2. The van der Waals surface area contributed by atoms with Crippen molar-refractivity contribution in [1.82, 2.24) is 15.1 Å². The van der Waals surface area contributed by atoms with Crippen LogP contribution in [-0.2, 0) is 13.0 Å². The monoisotopic (exact) mass is 425 g/mol. The Morgan fingerprint density at radius 3 is 2.93 bits per heavy atom. The van der Waals surface area contributed by atoms with Gasteiger partial charge in [-0.2, -0.15) is 5.10 Å². The number of aliphatic imine (C=N–C) groups is 1. The molecule has 1 aliphatic heterocycles. The van der Waals surface area contributed by atoms with Gasteiger partial charge in [-0.15, -0.1) is 11.3 Å². The molecule has 2 aromatic heterocycles. The van der Waals surface area contributed by atoms with Gasteiger partial charge in [0, 0.05) is 55.1 Å². The highest BCUT2D eigenvalue weighted by Gasteiger charge is 2.11. The molecular weight excluding hydrogens is 398 g/mol. The largest absolute Gasteiger partial charge is 0.490 e.